The van der Waals surface area contributed by atoms with Crippen molar-refractivity contribution in [1.82, 2.24) is 15.2 Å². The highest BCUT2D eigenvalue weighted by atomic mass is 35.5. The standard InChI is InChI=1S/C16H22ClN3O3/c1-16(2,3)23-15(22)19-11-6-5-9-20(10-11)14(21)12-7-4-8-18-13(12)17/h4,7-8,11H,5-6,9-10H2,1-3H3,(H,19,22)/t11-/m0/s1. The minimum atomic E-state index is -0.544. The Morgan fingerprint density at radius 1 is 1.43 bits per heavy atom. The van der Waals surface area contributed by atoms with Crippen molar-refractivity contribution < 1.29 is 14.3 Å². The van der Waals surface area contributed by atoms with Crippen LogP contribution in [0.15, 0.2) is 18.3 Å². The fraction of sp³-hybridized carbons (Fsp3) is 0.562. The van der Waals surface area contributed by atoms with Gasteiger partial charge in [-0.3, -0.25) is 4.79 Å². The Kier molecular flexibility index (Phi) is 5.46. The normalized spacial score (nSPS) is 18.4. The molecule has 0 bridgehead atoms. The van der Waals surface area contributed by atoms with Crippen LogP contribution in [0.2, 0.25) is 5.15 Å². The van der Waals surface area contributed by atoms with Gasteiger partial charge in [-0.05, 0) is 45.7 Å². The van der Waals surface area contributed by atoms with Gasteiger partial charge in [0, 0.05) is 25.3 Å². The van der Waals surface area contributed by atoms with Crippen molar-refractivity contribution in [3.8, 4) is 0 Å². The van der Waals surface area contributed by atoms with Crippen molar-refractivity contribution in [3.05, 3.63) is 29.0 Å². The summed E-state index contributed by atoms with van der Waals surface area (Å²) in [6, 6.07) is 3.21. The molecule has 6 nitrogen and oxygen atoms in total. The third-order valence-electron chi connectivity index (χ3n) is 3.42. The summed E-state index contributed by atoms with van der Waals surface area (Å²) in [5.74, 6) is -0.168. The predicted octanol–water partition coefficient (Wildman–Crippen LogP) is 2.86. The monoisotopic (exact) mass is 339 g/mol. The largest absolute Gasteiger partial charge is 0.444 e. The zero-order valence-corrected chi connectivity index (χ0v) is 14.4. The van der Waals surface area contributed by atoms with E-state index >= 15 is 0 Å². The van der Waals surface area contributed by atoms with Crippen LogP contribution in [0.5, 0.6) is 0 Å². The molecule has 1 aliphatic heterocycles. The van der Waals surface area contributed by atoms with E-state index in [1.54, 1.807) is 23.2 Å². The van der Waals surface area contributed by atoms with E-state index < -0.39 is 11.7 Å². The number of amides is 2. The molecule has 0 radical (unpaired) electrons. The Morgan fingerprint density at radius 2 is 2.17 bits per heavy atom. The van der Waals surface area contributed by atoms with Crippen LogP contribution in [0.3, 0.4) is 0 Å². The molecule has 2 amide bonds. The van der Waals surface area contributed by atoms with E-state index in [2.05, 4.69) is 10.3 Å². The van der Waals surface area contributed by atoms with E-state index in [9.17, 15) is 9.59 Å². The topological polar surface area (TPSA) is 71.5 Å². The second-order valence-electron chi connectivity index (χ2n) is 6.58. The van der Waals surface area contributed by atoms with Crippen molar-refractivity contribution in [2.75, 3.05) is 13.1 Å². The molecule has 7 heteroatoms. The number of halogens is 1. The molecule has 1 fully saturated rings. The zero-order chi connectivity index (χ0) is 17.0. The van der Waals surface area contributed by atoms with Crippen molar-refractivity contribution >= 4 is 23.6 Å². The number of hydrogen-bond acceptors (Lipinski definition) is 4. The number of piperidine rings is 1. The third kappa shape index (κ3) is 5.10. The molecule has 1 N–H and O–H groups in total. The van der Waals surface area contributed by atoms with E-state index in [1.807, 2.05) is 20.8 Å². The van der Waals surface area contributed by atoms with E-state index in [1.165, 1.54) is 0 Å². The predicted molar refractivity (Wildman–Crippen MR) is 87.5 cm³/mol. The Morgan fingerprint density at radius 3 is 2.83 bits per heavy atom. The van der Waals surface area contributed by atoms with Gasteiger partial charge in [-0.15, -0.1) is 0 Å². The van der Waals surface area contributed by atoms with Gasteiger partial charge in [-0.1, -0.05) is 11.6 Å². The molecule has 23 heavy (non-hydrogen) atoms. The maximum atomic E-state index is 12.5. The summed E-state index contributed by atoms with van der Waals surface area (Å²) in [6.07, 6.45) is 2.70. The van der Waals surface area contributed by atoms with Crippen LogP contribution in [0.25, 0.3) is 0 Å². The van der Waals surface area contributed by atoms with Crippen molar-refractivity contribution in [1.29, 1.82) is 0 Å². The number of alkyl carbamates (subject to hydrolysis) is 1. The SMILES string of the molecule is CC(C)(C)OC(=O)N[C@H]1CCCN(C(=O)c2cccnc2Cl)C1. The average Bonchev–Trinajstić information content (AvgIpc) is 2.45. The maximum Gasteiger partial charge on any atom is 0.407 e. The van der Waals surface area contributed by atoms with Crippen molar-refractivity contribution in [2.24, 2.45) is 0 Å². The van der Waals surface area contributed by atoms with Gasteiger partial charge in [-0.25, -0.2) is 9.78 Å². The molecule has 1 atom stereocenters. The molecule has 0 aromatic carbocycles. The highest BCUT2D eigenvalue weighted by Crippen LogP contribution is 2.18. The van der Waals surface area contributed by atoms with Crippen LogP contribution in [0.1, 0.15) is 44.0 Å². The first-order valence-electron chi connectivity index (χ1n) is 7.65. The lowest BCUT2D eigenvalue weighted by molar-refractivity contribution is 0.0452. The number of aromatic nitrogens is 1. The second kappa shape index (κ2) is 7.17. The smallest absolute Gasteiger partial charge is 0.407 e. The van der Waals surface area contributed by atoms with E-state index in [4.69, 9.17) is 16.3 Å². The molecule has 1 aliphatic rings. The second-order valence-corrected chi connectivity index (χ2v) is 6.94. The van der Waals surface area contributed by atoms with Crippen LogP contribution < -0.4 is 5.32 Å². The summed E-state index contributed by atoms with van der Waals surface area (Å²) < 4.78 is 5.26. The molecule has 1 aromatic rings. The van der Waals surface area contributed by atoms with Crippen LogP contribution in [0, 0.1) is 0 Å². The lowest BCUT2D eigenvalue weighted by Crippen LogP contribution is -2.50. The van der Waals surface area contributed by atoms with Gasteiger partial charge in [0.15, 0.2) is 0 Å². The zero-order valence-electron chi connectivity index (χ0n) is 13.6. The number of pyridine rings is 1. The minimum absolute atomic E-state index is 0.127. The molecule has 0 saturated carbocycles. The number of carbonyl (C=O) groups is 2. The van der Waals surface area contributed by atoms with E-state index in [-0.39, 0.29) is 17.1 Å². The molecule has 1 saturated heterocycles. The summed E-state index contributed by atoms with van der Waals surface area (Å²) in [5, 5.41) is 3.02. The molecular formula is C16H22ClN3O3. The molecule has 0 unspecified atom stereocenters. The quantitative estimate of drug-likeness (QED) is 0.841. The number of nitrogens with zero attached hydrogens (tertiary/aromatic N) is 2. The van der Waals surface area contributed by atoms with Gasteiger partial charge in [0.05, 0.1) is 5.56 Å². The van der Waals surface area contributed by atoms with Crippen LogP contribution in [-0.4, -0.2) is 46.6 Å². The van der Waals surface area contributed by atoms with Gasteiger partial charge in [0.1, 0.15) is 10.8 Å². The number of rotatable bonds is 2. The summed E-state index contributed by atoms with van der Waals surface area (Å²) in [7, 11) is 0. The molecule has 0 spiro atoms. The summed E-state index contributed by atoms with van der Waals surface area (Å²) in [4.78, 5) is 30.0. The Labute approximate surface area is 141 Å². The summed E-state index contributed by atoms with van der Waals surface area (Å²) >= 11 is 5.98. The Balaban J connectivity index is 1.97. The third-order valence-corrected chi connectivity index (χ3v) is 3.72. The highest BCUT2D eigenvalue weighted by molar-refractivity contribution is 6.32. The van der Waals surface area contributed by atoms with Crippen LogP contribution >= 0.6 is 11.6 Å². The highest BCUT2D eigenvalue weighted by Gasteiger charge is 2.28. The number of nitrogens with one attached hydrogen (secondary N) is 1. The minimum Gasteiger partial charge on any atom is -0.444 e. The van der Waals surface area contributed by atoms with E-state index in [0.717, 1.165) is 12.8 Å². The average molecular weight is 340 g/mol. The Hall–Kier alpha value is -1.82. The first kappa shape index (κ1) is 17.5. The summed E-state index contributed by atoms with van der Waals surface area (Å²) in [6.45, 7) is 6.51. The van der Waals surface area contributed by atoms with Crippen LogP contribution in [0.4, 0.5) is 4.79 Å². The van der Waals surface area contributed by atoms with Crippen molar-refractivity contribution in [3.63, 3.8) is 0 Å². The first-order valence-corrected chi connectivity index (χ1v) is 8.03. The van der Waals surface area contributed by atoms with Crippen LogP contribution in [-0.2, 0) is 4.74 Å². The van der Waals surface area contributed by atoms with Crippen molar-refractivity contribution in [2.45, 2.75) is 45.3 Å². The van der Waals surface area contributed by atoms with Gasteiger partial charge in [0.2, 0.25) is 0 Å². The molecule has 2 rings (SSSR count). The van der Waals surface area contributed by atoms with Gasteiger partial charge in [0.25, 0.3) is 5.91 Å². The van der Waals surface area contributed by atoms with Gasteiger partial charge in [-0.2, -0.15) is 0 Å². The van der Waals surface area contributed by atoms with E-state index in [0.29, 0.717) is 18.7 Å². The number of carbonyl (C=O) groups excluding carboxylic acids is 2. The molecule has 2 heterocycles. The number of hydrogen-bond donors (Lipinski definition) is 1. The maximum absolute atomic E-state index is 12.5. The number of likely N-dealkylation sites (tertiary alicyclic amines) is 1. The Bertz CT molecular complexity index is 586. The molecule has 0 aliphatic carbocycles. The van der Waals surface area contributed by atoms with Gasteiger partial charge >= 0.3 is 6.09 Å². The number of ether oxygens (including phenoxy) is 1. The lowest BCUT2D eigenvalue weighted by Gasteiger charge is -2.33. The first-order chi connectivity index (χ1) is 10.8. The fourth-order valence-corrected chi connectivity index (χ4v) is 2.67. The summed E-state index contributed by atoms with van der Waals surface area (Å²) in [5.41, 5.74) is -0.163. The molecule has 1 aromatic heterocycles. The van der Waals surface area contributed by atoms with Gasteiger partial charge < -0.3 is 15.0 Å². The molecular weight excluding hydrogens is 318 g/mol. The fourth-order valence-electron chi connectivity index (χ4n) is 2.47. The lowest BCUT2D eigenvalue weighted by atomic mass is 10.0. The molecule has 126 valence electrons.